The Morgan fingerprint density at radius 2 is 1.94 bits per heavy atom. The van der Waals surface area contributed by atoms with Gasteiger partial charge in [0.05, 0.1) is 6.61 Å². The molecule has 0 spiro atoms. The fraction of sp³-hybridized carbons (Fsp3) is 0.0769. The van der Waals surface area contributed by atoms with Gasteiger partial charge in [-0.25, -0.2) is 4.98 Å². The normalized spacial score (nSPS) is 10.1. The van der Waals surface area contributed by atoms with Crippen LogP contribution in [-0.2, 0) is 6.61 Å². The fourth-order valence-corrected chi connectivity index (χ4v) is 1.77. The highest BCUT2D eigenvalue weighted by molar-refractivity contribution is 9.10. The smallest absolute Gasteiger partial charge is 0.274 e. The highest BCUT2D eigenvalue weighted by Gasteiger charge is 2.07. The molecule has 1 aromatic heterocycles. The SMILES string of the molecule is O=C(Nc1ccc(CO)cc1)c1cccc(Br)n1. The molecule has 0 aliphatic rings. The van der Waals surface area contributed by atoms with Crippen molar-refractivity contribution >= 4 is 27.5 Å². The van der Waals surface area contributed by atoms with Gasteiger partial charge in [-0.05, 0) is 45.8 Å². The number of amides is 1. The molecular formula is C13H11BrN2O2. The molecule has 2 aromatic rings. The van der Waals surface area contributed by atoms with E-state index in [9.17, 15) is 4.79 Å². The van der Waals surface area contributed by atoms with Crippen molar-refractivity contribution in [3.8, 4) is 0 Å². The molecule has 0 saturated carbocycles. The van der Waals surface area contributed by atoms with Crippen LogP contribution in [0.25, 0.3) is 0 Å². The maximum Gasteiger partial charge on any atom is 0.274 e. The number of aliphatic hydroxyl groups is 1. The molecule has 92 valence electrons. The Hall–Kier alpha value is -1.72. The molecule has 1 heterocycles. The summed E-state index contributed by atoms with van der Waals surface area (Å²) < 4.78 is 0.616. The Morgan fingerprint density at radius 1 is 1.22 bits per heavy atom. The number of hydrogen-bond donors (Lipinski definition) is 2. The Balaban J connectivity index is 2.11. The number of carbonyl (C=O) groups excluding carboxylic acids is 1. The number of benzene rings is 1. The number of anilines is 1. The summed E-state index contributed by atoms with van der Waals surface area (Å²) in [5.74, 6) is -0.270. The van der Waals surface area contributed by atoms with Crippen molar-refractivity contribution in [2.75, 3.05) is 5.32 Å². The molecule has 1 amide bonds. The summed E-state index contributed by atoms with van der Waals surface area (Å²) >= 11 is 3.22. The van der Waals surface area contributed by atoms with Crippen LogP contribution >= 0.6 is 15.9 Å². The molecular weight excluding hydrogens is 296 g/mol. The summed E-state index contributed by atoms with van der Waals surface area (Å²) in [6.07, 6.45) is 0. The van der Waals surface area contributed by atoms with Gasteiger partial charge in [0.15, 0.2) is 0 Å². The van der Waals surface area contributed by atoms with E-state index in [4.69, 9.17) is 5.11 Å². The zero-order valence-electron chi connectivity index (χ0n) is 9.43. The highest BCUT2D eigenvalue weighted by Crippen LogP contribution is 2.12. The van der Waals surface area contributed by atoms with E-state index in [2.05, 4.69) is 26.2 Å². The van der Waals surface area contributed by atoms with Gasteiger partial charge in [0.25, 0.3) is 5.91 Å². The number of nitrogens with one attached hydrogen (secondary N) is 1. The minimum atomic E-state index is -0.270. The van der Waals surface area contributed by atoms with Crippen LogP contribution < -0.4 is 5.32 Å². The average Bonchev–Trinajstić information content (AvgIpc) is 2.39. The van der Waals surface area contributed by atoms with E-state index in [1.165, 1.54) is 0 Å². The molecule has 4 nitrogen and oxygen atoms in total. The van der Waals surface area contributed by atoms with Crippen LogP contribution in [0.5, 0.6) is 0 Å². The fourth-order valence-electron chi connectivity index (χ4n) is 1.42. The summed E-state index contributed by atoms with van der Waals surface area (Å²) in [6, 6.07) is 12.1. The van der Waals surface area contributed by atoms with Gasteiger partial charge in [-0.1, -0.05) is 18.2 Å². The largest absolute Gasteiger partial charge is 0.392 e. The quantitative estimate of drug-likeness (QED) is 0.857. The molecule has 0 fully saturated rings. The van der Waals surface area contributed by atoms with Crippen LogP contribution in [0.15, 0.2) is 47.1 Å². The van der Waals surface area contributed by atoms with Crippen LogP contribution in [-0.4, -0.2) is 16.0 Å². The van der Waals surface area contributed by atoms with Gasteiger partial charge < -0.3 is 10.4 Å². The first-order valence-corrected chi connectivity index (χ1v) is 6.12. The first-order valence-electron chi connectivity index (χ1n) is 5.33. The van der Waals surface area contributed by atoms with E-state index in [0.29, 0.717) is 16.0 Å². The summed E-state index contributed by atoms with van der Waals surface area (Å²) in [5.41, 5.74) is 1.81. The van der Waals surface area contributed by atoms with E-state index in [-0.39, 0.29) is 12.5 Å². The summed E-state index contributed by atoms with van der Waals surface area (Å²) in [7, 11) is 0. The molecule has 0 radical (unpaired) electrons. The van der Waals surface area contributed by atoms with Gasteiger partial charge in [-0.3, -0.25) is 4.79 Å². The second-order valence-corrected chi connectivity index (χ2v) is 4.47. The average molecular weight is 307 g/mol. The minimum absolute atomic E-state index is 0.0125. The number of nitrogens with zero attached hydrogens (tertiary/aromatic N) is 1. The Morgan fingerprint density at radius 3 is 2.56 bits per heavy atom. The molecule has 0 bridgehead atoms. The highest BCUT2D eigenvalue weighted by atomic mass is 79.9. The summed E-state index contributed by atoms with van der Waals surface area (Å²) in [6.45, 7) is -0.0125. The third kappa shape index (κ3) is 3.15. The lowest BCUT2D eigenvalue weighted by atomic mass is 10.2. The van der Waals surface area contributed by atoms with E-state index in [1.54, 1.807) is 42.5 Å². The Bertz CT molecular complexity index is 555. The lowest BCUT2D eigenvalue weighted by molar-refractivity contribution is 0.102. The second-order valence-electron chi connectivity index (χ2n) is 3.65. The van der Waals surface area contributed by atoms with Gasteiger partial charge >= 0.3 is 0 Å². The van der Waals surface area contributed by atoms with Gasteiger partial charge in [-0.15, -0.1) is 0 Å². The van der Waals surface area contributed by atoms with Gasteiger partial charge in [0.1, 0.15) is 10.3 Å². The van der Waals surface area contributed by atoms with E-state index >= 15 is 0 Å². The number of hydrogen-bond acceptors (Lipinski definition) is 3. The maximum absolute atomic E-state index is 11.9. The van der Waals surface area contributed by atoms with Gasteiger partial charge in [0, 0.05) is 5.69 Å². The molecule has 2 N–H and O–H groups in total. The zero-order valence-corrected chi connectivity index (χ0v) is 11.0. The standard InChI is InChI=1S/C13H11BrN2O2/c14-12-3-1-2-11(16-12)13(18)15-10-6-4-9(8-17)5-7-10/h1-7,17H,8H2,(H,15,18). The minimum Gasteiger partial charge on any atom is -0.392 e. The Kier molecular flexibility index (Phi) is 4.07. The van der Waals surface area contributed by atoms with E-state index in [1.807, 2.05) is 0 Å². The number of aromatic nitrogens is 1. The van der Waals surface area contributed by atoms with Gasteiger partial charge in [0.2, 0.25) is 0 Å². The lowest BCUT2D eigenvalue weighted by Gasteiger charge is -2.05. The van der Waals surface area contributed by atoms with E-state index in [0.717, 1.165) is 5.56 Å². The Labute approximate surface area is 113 Å². The number of halogens is 1. The number of rotatable bonds is 3. The number of aliphatic hydroxyl groups excluding tert-OH is 1. The zero-order chi connectivity index (χ0) is 13.0. The molecule has 2 rings (SSSR count). The van der Waals surface area contributed by atoms with Gasteiger partial charge in [-0.2, -0.15) is 0 Å². The van der Waals surface area contributed by atoms with Crippen molar-refractivity contribution in [3.05, 3.63) is 58.3 Å². The molecule has 5 heteroatoms. The first kappa shape index (κ1) is 12.7. The third-order valence-electron chi connectivity index (χ3n) is 2.34. The number of carbonyl (C=O) groups is 1. The van der Waals surface area contributed by atoms with Crippen LogP contribution in [0, 0.1) is 0 Å². The predicted molar refractivity (Wildman–Crippen MR) is 72.3 cm³/mol. The molecule has 18 heavy (non-hydrogen) atoms. The third-order valence-corrected chi connectivity index (χ3v) is 2.78. The van der Waals surface area contributed by atoms with Crippen molar-refractivity contribution in [1.82, 2.24) is 4.98 Å². The predicted octanol–water partition coefficient (Wildman–Crippen LogP) is 2.59. The lowest BCUT2D eigenvalue weighted by Crippen LogP contribution is -2.13. The molecule has 0 saturated heterocycles. The van der Waals surface area contributed by atoms with Crippen LogP contribution in [0.3, 0.4) is 0 Å². The summed E-state index contributed by atoms with van der Waals surface area (Å²) in [5, 5.41) is 11.6. The van der Waals surface area contributed by atoms with Crippen LogP contribution in [0.1, 0.15) is 16.1 Å². The van der Waals surface area contributed by atoms with Crippen molar-refractivity contribution in [2.24, 2.45) is 0 Å². The van der Waals surface area contributed by atoms with Crippen molar-refractivity contribution in [2.45, 2.75) is 6.61 Å². The van der Waals surface area contributed by atoms with Crippen LogP contribution in [0.2, 0.25) is 0 Å². The number of pyridine rings is 1. The molecule has 0 atom stereocenters. The molecule has 1 aromatic carbocycles. The second kappa shape index (κ2) is 5.75. The maximum atomic E-state index is 11.9. The topological polar surface area (TPSA) is 62.2 Å². The molecule has 0 unspecified atom stereocenters. The summed E-state index contributed by atoms with van der Waals surface area (Å²) in [4.78, 5) is 15.9. The monoisotopic (exact) mass is 306 g/mol. The van der Waals surface area contributed by atoms with Crippen molar-refractivity contribution < 1.29 is 9.90 Å². The molecule has 0 aliphatic heterocycles. The van der Waals surface area contributed by atoms with Crippen molar-refractivity contribution in [3.63, 3.8) is 0 Å². The molecule has 0 aliphatic carbocycles. The van der Waals surface area contributed by atoms with E-state index < -0.39 is 0 Å². The first-order chi connectivity index (χ1) is 8.69. The van der Waals surface area contributed by atoms with Crippen LogP contribution in [0.4, 0.5) is 5.69 Å². The van der Waals surface area contributed by atoms with Crippen molar-refractivity contribution in [1.29, 1.82) is 0 Å².